The van der Waals surface area contributed by atoms with Crippen LogP contribution in [0.3, 0.4) is 0 Å². The lowest BCUT2D eigenvalue weighted by atomic mass is 9.63. The number of nitrogens with zero attached hydrogens (tertiary/aromatic N) is 1. The van der Waals surface area contributed by atoms with E-state index in [1.807, 2.05) is 38.1 Å². The molecule has 41 heavy (non-hydrogen) atoms. The molecule has 0 radical (unpaired) electrons. The fourth-order valence-corrected chi connectivity index (χ4v) is 6.32. The van der Waals surface area contributed by atoms with Crippen molar-refractivity contribution in [1.82, 2.24) is 10.2 Å². The molecular formula is C32H40F2IN3O3. The third kappa shape index (κ3) is 8.68. The maximum atomic E-state index is 14.2. The van der Waals surface area contributed by atoms with Gasteiger partial charge < -0.3 is 21.1 Å². The molecule has 2 aromatic carbocycles. The third-order valence-corrected chi connectivity index (χ3v) is 8.12. The molecule has 0 heterocycles. The first kappa shape index (κ1) is 32.9. The van der Waals surface area contributed by atoms with E-state index in [1.165, 1.54) is 12.1 Å². The van der Waals surface area contributed by atoms with Crippen molar-refractivity contribution in [2.45, 2.75) is 59.1 Å². The Morgan fingerprint density at radius 3 is 2.34 bits per heavy atom. The molecular weight excluding hydrogens is 639 g/mol. The first-order valence-electron chi connectivity index (χ1n) is 14.1. The standard InChI is InChI=1S/C32H40F2IN3O3/c1-4-9-38(10-5-2)30(40)24-11-21(3)17-32(18-24,31(36)41)28(15-23-12-25(33)16-26(34)13-23)29(39)20-37-19-22-7-6-8-27(35)14-22/h6-8,11-14,16-17,28-29,37,39H,4-5,9-10,15,18-20H2,1-3H3,(H2,36,41)/t28-,29+,32?/m1/s1. The van der Waals surface area contributed by atoms with Crippen LogP contribution in [0.1, 0.15) is 51.2 Å². The molecule has 4 N–H and O–H groups in total. The van der Waals surface area contributed by atoms with Crippen LogP contribution in [0.4, 0.5) is 8.78 Å². The van der Waals surface area contributed by atoms with Crippen molar-refractivity contribution in [3.63, 3.8) is 0 Å². The van der Waals surface area contributed by atoms with Crippen molar-refractivity contribution in [2.75, 3.05) is 19.6 Å². The van der Waals surface area contributed by atoms with Gasteiger partial charge in [-0.15, -0.1) is 0 Å². The van der Waals surface area contributed by atoms with Crippen molar-refractivity contribution in [2.24, 2.45) is 17.1 Å². The summed E-state index contributed by atoms with van der Waals surface area (Å²) in [5.41, 5.74) is 7.04. The van der Waals surface area contributed by atoms with Gasteiger partial charge in [0.05, 0.1) is 11.5 Å². The number of aliphatic hydroxyl groups is 1. The zero-order valence-electron chi connectivity index (χ0n) is 23.9. The van der Waals surface area contributed by atoms with Crippen LogP contribution >= 0.6 is 22.6 Å². The van der Waals surface area contributed by atoms with Gasteiger partial charge in [-0.2, -0.15) is 0 Å². The van der Waals surface area contributed by atoms with Crippen molar-refractivity contribution in [3.8, 4) is 0 Å². The number of allylic oxidation sites excluding steroid dienone is 2. The SMILES string of the molecule is CCCN(CCC)C(=O)C1=CC(C)=CC(C(N)=O)([C@H](Cc2cc(F)cc(F)c2)[C@@H](O)CNCc2cccc(I)c2)C1. The summed E-state index contributed by atoms with van der Waals surface area (Å²) < 4.78 is 29.4. The van der Waals surface area contributed by atoms with Crippen molar-refractivity contribution < 1.29 is 23.5 Å². The summed E-state index contributed by atoms with van der Waals surface area (Å²) in [5, 5.41) is 14.8. The average molecular weight is 680 g/mol. The molecule has 0 saturated heterocycles. The molecule has 0 aliphatic heterocycles. The second kappa shape index (κ2) is 15.0. The molecule has 0 saturated carbocycles. The van der Waals surface area contributed by atoms with Gasteiger partial charge in [0.2, 0.25) is 11.8 Å². The summed E-state index contributed by atoms with van der Waals surface area (Å²) in [7, 11) is 0. The van der Waals surface area contributed by atoms with Crippen molar-refractivity contribution in [1.29, 1.82) is 0 Å². The summed E-state index contributed by atoms with van der Waals surface area (Å²) in [6, 6.07) is 11.1. The molecule has 1 aliphatic carbocycles. The first-order chi connectivity index (χ1) is 19.5. The van der Waals surface area contributed by atoms with Gasteiger partial charge >= 0.3 is 0 Å². The number of carbonyl (C=O) groups is 2. The Labute approximate surface area is 255 Å². The topological polar surface area (TPSA) is 95.7 Å². The third-order valence-electron chi connectivity index (χ3n) is 7.45. The highest BCUT2D eigenvalue weighted by Gasteiger charge is 2.48. The van der Waals surface area contributed by atoms with Gasteiger partial charge in [0.15, 0.2) is 0 Å². The number of aliphatic hydroxyl groups excluding tert-OH is 1. The van der Waals surface area contributed by atoms with Crippen LogP contribution in [0.15, 0.2) is 65.8 Å². The number of nitrogens with one attached hydrogen (secondary N) is 1. The van der Waals surface area contributed by atoms with Crippen LogP contribution in [0.2, 0.25) is 0 Å². The number of benzene rings is 2. The number of nitrogens with two attached hydrogens (primary N) is 1. The molecule has 0 spiro atoms. The average Bonchev–Trinajstić information content (AvgIpc) is 2.90. The minimum atomic E-state index is -1.46. The van der Waals surface area contributed by atoms with Gasteiger partial charge in [0.25, 0.3) is 0 Å². The lowest BCUT2D eigenvalue weighted by molar-refractivity contribution is -0.132. The fourth-order valence-electron chi connectivity index (χ4n) is 5.71. The van der Waals surface area contributed by atoms with E-state index in [-0.39, 0.29) is 30.9 Å². The second-order valence-corrected chi connectivity index (χ2v) is 12.1. The van der Waals surface area contributed by atoms with Crippen LogP contribution < -0.4 is 11.1 Å². The second-order valence-electron chi connectivity index (χ2n) is 10.8. The zero-order valence-corrected chi connectivity index (χ0v) is 26.1. The van der Waals surface area contributed by atoms with E-state index in [0.29, 0.717) is 30.8 Å². The van der Waals surface area contributed by atoms with Gasteiger partial charge in [-0.3, -0.25) is 9.59 Å². The monoisotopic (exact) mass is 679 g/mol. The minimum Gasteiger partial charge on any atom is -0.391 e. The van der Waals surface area contributed by atoms with Gasteiger partial charge in [-0.1, -0.05) is 43.7 Å². The summed E-state index contributed by atoms with van der Waals surface area (Å²) in [5.74, 6) is -3.25. The highest BCUT2D eigenvalue weighted by atomic mass is 127. The van der Waals surface area contributed by atoms with E-state index >= 15 is 0 Å². The molecule has 6 nitrogen and oxygen atoms in total. The van der Waals surface area contributed by atoms with Crippen LogP contribution in [0, 0.1) is 26.5 Å². The number of carbonyl (C=O) groups excluding carboxylic acids is 2. The number of hydrogen-bond acceptors (Lipinski definition) is 4. The number of halogens is 3. The van der Waals surface area contributed by atoms with E-state index < -0.39 is 35.0 Å². The molecule has 1 unspecified atom stereocenters. The predicted molar refractivity (Wildman–Crippen MR) is 166 cm³/mol. The Morgan fingerprint density at radius 2 is 1.76 bits per heavy atom. The summed E-state index contributed by atoms with van der Waals surface area (Å²) in [4.78, 5) is 28.8. The van der Waals surface area contributed by atoms with Gasteiger partial charge in [0, 0.05) is 47.3 Å². The van der Waals surface area contributed by atoms with E-state index in [4.69, 9.17) is 5.73 Å². The minimum absolute atomic E-state index is 0.0150. The molecule has 0 fully saturated rings. The molecule has 0 bridgehead atoms. The number of rotatable bonds is 14. The Hall–Kier alpha value is -2.63. The van der Waals surface area contributed by atoms with Gasteiger partial charge in [-0.05, 0) is 90.6 Å². The number of amides is 2. The quantitative estimate of drug-likeness (QED) is 0.237. The van der Waals surface area contributed by atoms with E-state index in [0.717, 1.165) is 28.0 Å². The summed E-state index contributed by atoms with van der Waals surface area (Å²) >= 11 is 2.23. The molecule has 0 aromatic heterocycles. The van der Waals surface area contributed by atoms with E-state index in [1.54, 1.807) is 24.0 Å². The van der Waals surface area contributed by atoms with Crippen molar-refractivity contribution >= 4 is 34.4 Å². The number of hydrogen-bond donors (Lipinski definition) is 3. The van der Waals surface area contributed by atoms with Gasteiger partial charge in [0.1, 0.15) is 11.6 Å². The van der Waals surface area contributed by atoms with E-state index in [9.17, 15) is 23.5 Å². The first-order valence-corrected chi connectivity index (χ1v) is 15.1. The van der Waals surface area contributed by atoms with Crippen LogP contribution in [-0.4, -0.2) is 47.6 Å². The van der Waals surface area contributed by atoms with Crippen molar-refractivity contribution in [3.05, 3.63) is 92.1 Å². The Morgan fingerprint density at radius 1 is 1.10 bits per heavy atom. The summed E-state index contributed by atoms with van der Waals surface area (Å²) in [6.45, 7) is 7.51. The molecule has 2 amide bonds. The molecule has 2 aromatic rings. The smallest absolute Gasteiger partial charge is 0.249 e. The van der Waals surface area contributed by atoms with Gasteiger partial charge in [-0.25, -0.2) is 8.78 Å². The molecule has 1 aliphatic rings. The summed E-state index contributed by atoms with van der Waals surface area (Å²) in [6.07, 6.45) is 3.88. The maximum Gasteiger partial charge on any atom is 0.249 e. The fraction of sp³-hybridized carbons (Fsp3) is 0.438. The Bertz CT molecular complexity index is 1270. The molecule has 3 atom stereocenters. The largest absolute Gasteiger partial charge is 0.391 e. The van der Waals surface area contributed by atoms with Crippen LogP contribution in [0.5, 0.6) is 0 Å². The molecule has 3 rings (SSSR count). The highest BCUT2D eigenvalue weighted by Crippen LogP contribution is 2.44. The predicted octanol–water partition coefficient (Wildman–Crippen LogP) is 5.28. The lowest BCUT2D eigenvalue weighted by Crippen LogP contribution is -2.51. The lowest BCUT2D eigenvalue weighted by Gasteiger charge is -2.42. The van der Waals surface area contributed by atoms with E-state index in [2.05, 4.69) is 27.9 Å². The normalized spacial score (nSPS) is 18.3. The Balaban J connectivity index is 1.98. The van der Waals surface area contributed by atoms with Crippen LogP contribution in [0.25, 0.3) is 0 Å². The Kier molecular flexibility index (Phi) is 12.0. The number of primary amides is 1. The highest BCUT2D eigenvalue weighted by molar-refractivity contribution is 14.1. The molecule has 222 valence electrons. The maximum absolute atomic E-state index is 14.2. The molecule has 9 heteroatoms. The zero-order chi connectivity index (χ0) is 30.2. The van der Waals surface area contributed by atoms with Crippen LogP contribution in [-0.2, 0) is 22.6 Å².